The second-order valence-electron chi connectivity index (χ2n) is 7.54. The van der Waals surface area contributed by atoms with Gasteiger partial charge in [-0.15, -0.1) is 11.3 Å². The summed E-state index contributed by atoms with van der Waals surface area (Å²) in [6.45, 7) is 5.02. The highest BCUT2D eigenvalue weighted by Gasteiger charge is 2.10. The summed E-state index contributed by atoms with van der Waals surface area (Å²) in [7, 11) is 0. The van der Waals surface area contributed by atoms with Gasteiger partial charge in [0.05, 0.1) is 6.61 Å². The van der Waals surface area contributed by atoms with Crippen molar-refractivity contribution in [2.24, 2.45) is 0 Å². The number of carbonyl (C=O) groups is 1. The van der Waals surface area contributed by atoms with E-state index >= 15 is 0 Å². The van der Waals surface area contributed by atoms with Gasteiger partial charge in [-0.2, -0.15) is 0 Å². The van der Waals surface area contributed by atoms with Crippen LogP contribution < -0.4 is 10.1 Å². The first-order valence-corrected chi connectivity index (χ1v) is 11.5. The number of benzene rings is 2. The molecule has 158 valence electrons. The monoisotopic (exact) mass is 422 g/mol. The molecule has 0 saturated carbocycles. The number of hydrogen-bond acceptors (Lipinski definition) is 4. The van der Waals surface area contributed by atoms with E-state index in [0.29, 0.717) is 10.7 Å². The second-order valence-corrected chi connectivity index (χ2v) is 8.65. The summed E-state index contributed by atoms with van der Waals surface area (Å²) < 4.78 is 5.77. The average molecular weight is 423 g/mol. The molecule has 1 N–H and O–H groups in total. The molecule has 30 heavy (non-hydrogen) atoms. The zero-order valence-corrected chi connectivity index (χ0v) is 18.6. The standard InChI is InChI=1S/C25H30N2O2S/c1-3-4-5-6-7-15-29-22-13-11-21(12-14-22)24(28)27-25-26-18-23(30-25)17-20-10-8-9-19(2)16-20/h8-14,16,18H,3-7,15,17H2,1-2H3,(H,26,27,28). The Morgan fingerprint density at radius 3 is 2.63 bits per heavy atom. The predicted octanol–water partition coefficient (Wildman–Crippen LogP) is 6.64. The Kier molecular flexibility index (Phi) is 8.45. The van der Waals surface area contributed by atoms with Crippen LogP contribution in [0.5, 0.6) is 5.75 Å². The van der Waals surface area contributed by atoms with Crippen LogP contribution in [0.4, 0.5) is 5.13 Å². The molecule has 0 bridgehead atoms. The number of aromatic nitrogens is 1. The van der Waals surface area contributed by atoms with Gasteiger partial charge in [-0.25, -0.2) is 4.98 Å². The first kappa shape index (κ1) is 22.0. The van der Waals surface area contributed by atoms with Crippen LogP contribution in [0.2, 0.25) is 0 Å². The van der Waals surface area contributed by atoms with Crippen LogP contribution >= 0.6 is 11.3 Å². The zero-order valence-electron chi connectivity index (χ0n) is 17.8. The lowest BCUT2D eigenvalue weighted by Crippen LogP contribution is -2.11. The number of anilines is 1. The molecule has 0 atom stereocenters. The number of aryl methyl sites for hydroxylation is 1. The smallest absolute Gasteiger partial charge is 0.257 e. The van der Waals surface area contributed by atoms with Gasteiger partial charge in [0, 0.05) is 23.1 Å². The van der Waals surface area contributed by atoms with Crippen LogP contribution in [0.25, 0.3) is 0 Å². The number of thiazole rings is 1. The predicted molar refractivity (Wildman–Crippen MR) is 125 cm³/mol. The van der Waals surface area contributed by atoms with E-state index in [2.05, 4.69) is 48.4 Å². The fourth-order valence-electron chi connectivity index (χ4n) is 3.24. The minimum atomic E-state index is -0.155. The summed E-state index contributed by atoms with van der Waals surface area (Å²) in [4.78, 5) is 18.0. The highest BCUT2D eigenvalue weighted by atomic mass is 32.1. The van der Waals surface area contributed by atoms with Crippen LogP contribution in [-0.2, 0) is 6.42 Å². The summed E-state index contributed by atoms with van der Waals surface area (Å²) in [6, 6.07) is 15.7. The van der Waals surface area contributed by atoms with E-state index in [1.807, 2.05) is 18.3 Å². The first-order chi connectivity index (χ1) is 14.6. The molecule has 0 radical (unpaired) electrons. The molecule has 2 aromatic carbocycles. The molecule has 1 aromatic heterocycles. The van der Waals surface area contributed by atoms with Crippen molar-refractivity contribution in [3.63, 3.8) is 0 Å². The SMILES string of the molecule is CCCCCCCOc1ccc(C(=O)Nc2ncc(Cc3cccc(C)c3)s2)cc1. The molecule has 1 amide bonds. The molecule has 0 spiro atoms. The van der Waals surface area contributed by atoms with Crippen LogP contribution in [0.15, 0.2) is 54.7 Å². The zero-order chi connectivity index (χ0) is 21.2. The molecule has 0 unspecified atom stereocenters. The summed E-state index contributed by atoms with van der Waals surface area (Å²) in [6.07, 6.45) is 8.73. The fourth-order valence-corrected chi connectivity index (χ4v) is 4.08. The van der Waals surface area contributed by atoms with Gasteiger partial charge in [0.2, 0.25) is 0 Å². The molecule has 4 nitrogen and oxygen atoms in total. The van der Waals surface area contributed by atoms with E-state index in [4.69, 9.17) is 4.74 Å². The van der Waals surface area contributed by atoms with Crippen molar-refractivity contribution in [2.75, 3.05) is 11.9 Å². The molecule has 0 saturated heterocycles. The number of nitrogens with one attached hydrogen (secondary N) is 1. The summed E-state index contributed by atoms with van der Waals surface area (Å²) in [5, 5.41) is 3.52. The summed E-state index contributed by atoms with van der Waals surface area (Å²) in [5.74, 6) is 0.648. The van der Waals surface area contributed by atoms with Crippen molar-refractivity contribution in [1.82, 2.24) is 4.98 Å². The van der Waals surface area contributed by atoms with Crippen LogP contribution in [0.1, 0.15) is 65.4 Å². The average Bonchev–Trinajstić information content (AvgIpc) is 3.17. The molecule has 3 aromatic rings. The molecule has 0 aliphatic carbocycles. The van der Waals surface area contributed by atoms with Crippen molar-refractivity contribution in [3.8, 4) is 5.75 Å². The number of nitrogens with zero attached hydrogens (tertiary/aromatic N) is 1. The fraction of sp³-hybridized carbons (Fsp3) is 0.360. The molecule has 0 aliphatic rings. The molecular weight excluding hydrogens is 392 g/mol. The van der Waals surface area contributed by atoms with Crippen LogP contribution in [-0.4, -0.2) is 17.5 Å². The maximum Gasteiger partial charge on any atom is 0.257 e. The van der Waals surface area contributed by atoms with E-state index in [1.165, 1.54) is 48.1 Å². The minimum absolute atomic E-state index is 0.155. The Labute approximate surface area is 183 Å². The van der Waals surface area contributed by atoms with Gasteiger partial charge in [0.25, 0.3) is 5.91 Å². The van der Waals surface area contributed by atoms with Crippen molar-refractivity contribution in [3.05, 3.63) is 76.3 Å². The second kappa shape index (κ2) is 11.5. The number of rotatable bonds is 11. The van der Waals surface area contributed by atoms with E-state index in [0.717, 1.165) is 30.1 Å². The Balaban J connectivity index is 1.47. The highest BCUT2D eigenvalue weighted by Crippen LogP contribution is 2.22. The molecule has 5 heteroatoms. The van der Waals surface area contributed by atoms with E-state index < -0.39 is 0 Å². The maximum atomic E-state index is 12.5. The number of hydrogen-bond donors (Lipinski definition) is 1. The van der Waals surface area contributed by atoms with Crippen molar-refractivity contribution < 1.29 is 9.53 Å². The minimum Gasteiger partial charge on any atom is -0.494 e. The third kappa shape index (κ3) is 6.99. The third-order valence-corrected chi connectivity index (χ3v) is 5.78. The first-order valence-electron chi connectivity index (χ1n) is 10.7. The van der Waals surface area contributed by atoms with Gasteiger partial charge in [-0.3, -0.25) is 10.1 Å². The topological polar surface area (TPSA) is 51.2 Å². The van der Waals surface area contributed by atoms with Crippen molar-refractivity contribution >= 4 is 22.4 Å². The van der Waals surface area contributed by atoms with E-state index in [1.54, 1.807) is 12.1 Å². The van der Waals surface area contributed by atoms with Gasteiger partial charge in [-0.1, -0.05) is 62.4 Å². The van der Waals surface area contributed by atoms with Crippen LogP contribution in [0, 0.1) is 6.92 Å². The number of carbonyl (C=O) groups excluding carboxylic acids is 1. The molecule has 3 rings (SSSR count). The lowest BCUT2D eigenvalue weighted by molar-refractivity contribution is 0.102. The lowest BCUT2D eigenvalue weighted by atomic mass is 10.1. The van der Waals surface area contributed by atoms with E-state index in [-0.39, 0.29) is 5.91 Å². The van der Waals surface area contributed by atoms with Gasteiger partial charge in [-0.05, 0) is 43.2 Å². The number of ether oxygens (including phenoxy) is 1. The van der Waals surface area contributed by atoms with E-state index in [9.17, 15) is 4.79 Å². The molecule has 0 fully saturated rings. The van der Waals surface area contributed by atoms with Crippen molar-refractivity contribution in [2.45, 2.75) is 52.4 Å². The Morgan fingerprint density at radius 1 is 1.07 bits per heavy atom. The summed E-state index contributed by atoms with van der Waals surface area (Å²) in [5.41, 5.74) is 3.09. The van der Waals surface area contributed by atoms with Crippen molar-refractivity contribution in [1.29, 1.82) is 0 Å². The van der Waals surface area contributed by atoms with Crippen LogP contribution in [0.3, 0.4) is 0 Å². The highest BCUT2D eigenvalue weighted by molar-refractivity contribution is 7.15. The number of amides is 1. The van der Waals surface area contributed by atoms with Gasteiger partial charge >= 0.3 is 0 Å². The maximum absolute atomic E-state index is 12.5. The molecule has 0 aliphatic heterocycles. The Hall–Kier alpha value is -2.66. The third-order valence-electron chi connectivity index (χ3n) is 4.87. The molecule has 1 heterocycles. The Bertz CT molecular complexity index is 934. The van der Waals surface area contributed by atoms with Gasteiger partial charge in [0.15, 0.2) is 5.13 Å². The van der Waals surface area contributed by atoms with Gasteiger partial charge < -0.3 is 4.74 Å². The normalized spacial score (nSPS) is 10.7. The number of unbranched alkanes of at least 4 members (excludes halogenated alkanes) is 4. The Morgan fingerprint density at radius 2 is 1.87 bits per heavy atom. The van der Waals surface area contributed by atoms with Gasteiger partial charge in [0.1, 0.15) is 5.75 Å². The summed E-state index contributed by atoms with van der Waals surface area (Å²) >= 11 is 1.51. The molecular formula is C25H30N2O2S. The lowest BCUT2D eigenvalue weighted by Gasteiger charge is -2.07. The largest absolute Gasteiger partial charge is 0.494 e. The quantitative estimate of drug-likeness (QED) is 0.352.